The molecule has 3 heteroatoms. The molecule has 1 unspecified atom stereocenters. The highest BCUT2D eigenvalue weighted by atomic mass is 16.6. The van der Waals surface area contributed by atoms with Crippen LogP contribution in [0.5, 0.6) is 11.5 Å². The third-order valence-electron chi connectivity index (χ3n) is 3.63. The smallest absolute Gasteiger partial charge is 0.161 e. The molecule has 17 heavy (non-hydrogen) atoms. The van der Waals surface area contributed by atoms with Gasteiger partial charge in [0.1, 0.15) is 13.2 Å². The number of rotatable bonds is 2. The summed E-state index contributed by atoms with van der Waals surface area (Å²) in [5.74, 6) is 1.81. The Morgan fingerprint density at radius 3 is 2.71 bits per heavy atom. The molecular weight excluding hydrogens is 214 g/mol. The molecule has 1 saturated heterocycles. The molecule has 2 aliphatic heterocycles. The van der Waals surface area contributed by atoms with Crippen LogP contribution >= 0.6 is 0 Å². The van der Waals surface area contributed by atoms with Gasteiger partial charge in [0.05, 0.1) is 0 Å². The molecule has 92 valence electrons. The molecule has 2 heterocycles. The highest BCUT2D eigenvalue weighted by Gasteiger charge is 2.18. The Balaban J connectivity index is 1.83. The molecule has 0 radical (unpaired) electrons. The third-order valence-corrected chi connectivity index (χ3v) is 3.63. The molecule has 1 atom stereocenters. The lowest BCUT2D eigenvalue weighted by Crippen LogP contribution is -2.24. The number of nitrogens with one attached hydrogen (secondary N) is 1. The standard InChI is InChI=1S/C14H19NO2/c1-10-7-13-14(17-6-5-16-13)9-11(10)8-12-3-2-4-15-12/h7,9,12,15H,2-6,8H2,1H3. The van der Waals surface area contributed by atoms with Gasteiger partial charge < -0.3 is 14.8 Å². The van der Waals surface area contributed by atoms with Crippen LogP contribution in [-0.2, 0) is 6.42 Å². The molecule has 1 aromatic carbocycles. The summed E-state index contributed by atoms with van der Waals surface area (Å²) in [4.78, 5) is 0. The fourth-order valence-electron chi connectivity index (χ4n) is 2.65. The molecule has 1 aromatic rings. The first kappa shape index (κ1) is 10.9. The zero-order chi connectivity index (χ0) is 11.7. The van der Waals surface area contributed by atoms with Gasteiger partial charge >= 0.3 is 0 Å². The van der Waals surface area contributed by atoms with Gasteiger partial charge in [0.25, 0.3) is 0 Å². The second-order valence-corrected chi connectivity index (χ2v) is 4.92. The van der Waals surface area contributed by atoms with E-state index in [2.05, 4.69) is 24.4 Å². The fraction of sp³-hybridized carbons (Fsp3) is 0.571. The first-order chi connectivity index (χ1) is 8.33. The van der Waals surface area contributed by atoms with Gasteiger partial charge in [-0.3, -0.25) is 0 Å². The summed E-state index contributed by atoms with van der Waals surface area (Å²) in [5.41, 5.74) is 2.69. The van der Waals surface area contributed by atoms with Gasteiger partial charge in [-0.1, -0.05) is 0 Å². The van der Waals surface area contributed by atoms with Crippen molar-refractivity contribution in [2.45, 2.75) is 32.2 Å². The largest absolute Gasteiger partial charge is 0.486 e. The van der Waals surface area contributed by atoms with Crippen molar-refractivity contribution in [1.29, 1.82) is 0 Å². The van der Waals surface area contributed by atoms with E-state index in [1.807, 2.05) is 0 Å². The number of hydrogen-bond donors (Lipinski definition) is 1. The average Bonchev–Trinajstić information content (AvgIpc) is 2.83. The van der Waals surface area contributed by atoms with E-state index in [-0.39, 0.29) is 0 Å². The normalized spacial score (nSPS) is 22.8. The summed E-state index contributed by atoms with van der Waals surface area (Å²) >= 11 is 0. The molecule has 3 rings (SSSR count). The van der Waals surface area contributed by atoms with Crippen LogP contribution in [0.4, 0.5) is 0 Å². The predicted octanol–water partition coefficient (Wildman–Crippen LogP) is 2.06. The molecule has 0 spiro atoms. The van der Waals surface area contributed by atoms with Gasteiger partial charge in [-0.25, -0.2) is 0 Å². The van der Waals surface area contributed by atoms with Crippen LogP contribution in [0.1, 0.15) is 24.0 Å². The Morgan fingerprint density at radius 1 is 1.24 bits per heavy atom. The Morgan fingerprint density at radius 2 is 2.00 bits per heavy atom. The first-order valence-electron chi connectivity index (χ1n) is 6.45. The third kappa shape index (κ3) is 2.25. The molecule has 0 aromatic heterocycles. The van der Waals surface area contributed by atoms with Crippen molar-refractivity contribution < 1.29 is 9.47 Å². The molecule has 0 bridgehead atoms. The summed E-state index contributed by atoms with van der Waals surface area (Å²) < 4.78 is 11.2. The topological polar surface area (TPSA) is 30.5 Å². The number of benzene rings is 1. The van der Waals surface area contributed by atoms with Gasteiger partial charge in [0.2, 0.25) is 0 Å². The maximum atomic E-state index is 5.64. The second-order valence-electron chi connectivity index (χ2n) is 4.92. The molecule has 0 aliphatic carbocycles. The average molecular weight is 233 g/mol. The summed E-state index contributed by atoms with van der Waals surface area (Å²) in [5, 5.41) is 3.54. The van der Waals surface area contributed by atoms with Crippen molar-refractivity contribution in [3.63, 3.8) is 0 Å². The Labute approximate surface area is 102 Å². The predicted molar refractivity (Wildman–Crippen MR) is 66.9 cm³/mol. The SMILES string of the molecule is Cc1cc2c(cc1CC1CCCN1)OCCO2. The number of fused-ring (bicyclic) bond motifs is 1. The molecule has 3 nitrogen and oxygen atoms in total. The molecule has 2 aliphatic rings. The van der Waals surface area contributed by atoms with E-state index in [1.165, 1.54) is 24.0 Å². The minimum atomic E-state index is 0.635. The van der Waals surface area contributed by atoms with E-state index in [4.69, 9.17) is 9.47 Å². The van der Waals surface area contributed by atoms with Crippen molar-refractivity contribution >= 4 is 0 Å². The molecular formula is C14H19NO2. The van der Waals surface area contributed by atoms with Crippen molar-refractivity contribution in [2.75, 3.05) is 19.8 Å². The quantitative estimate of drug-likeness (QED) is 0.848. The summed E-state index contributed by atoms with van der Waals surface area (Å²) in [6, 6.07) is 4.90. The molecule has 1 N–H and O–H groups in total. The minimum absolute atomic E-state index is 0.635. The van der Waals surface area contributed by atoms with Crippen molar-refractivity contribution in [2.24, 2.45) is 0 Å². The van der Waals surface area contributed by atoms with Crippen LogP contribution in [0.25, 0.3) is 0 Å². The highest BCUT2D eigenvalue weighted by molar-refractivity contribution is 5.48. The van der Waals surface area contributed by atoms with Crippen LogP contribution in [0.2, 0.25) is 0 Å². The van der Waals surface area contributed by atoms with Crippen molar-refractivity contribution in [1.82, 2.24) is 5.32 Å². The van der Waals surface area contributed by atoms with Crippen LogP contribution < -0.4 is 14.8 Å². The molecule has 0 amide bonds. The van der Waals surface area contributed by atoms with E-state index in [0.29, 0.717) is 19.3 Å². The number of ether oxygens (including phenoxy) is 2. The molecule has 1 fully saturated rings. The highest BCUT2D eigenvalue weighted by Crippen LogP contribution is 2.33. The Bertz CT molecular complexity index is 411. The van der Waals surface area contributed by atoms with Crippen LogP contribution in [0.3, 0.4) is 0 Å². The zero-order valence-electron chi connectivity index (χ0n) is 10.3. The summed E-state index contributed by atoms with van der Waals surface area (Å²) in [7, 11) is 0. The minimum Gasteiger partial charge on any atom is -0.486 e. The Kier molecular flexibility index (Phi) is 2.93. The van der Waals surface area contributed by atoms with Gasteiger partial charge in [-0.2, -0.15) is 0 Å². The summed E-state index contributed by atoms with van der Waals surface area (Å²) in [6.07, 6.45) is 3.69. The van der Waals surface area contributed by atoms with Crippen molar-refractivity contribution in [3.05, 3.63) is 23.3 Å². The lowest BCUT2D eigenvalue weighted by Gasteiger charge is -2.21. The van der Waals surface area contributed by atoms with Crippen molar-refractivity contribution in [3.8, 4) is 11.5 Å². The number of aryl methyl sites for hydroxylation is 1. The number of hydrogen-bond acceptors (Lipinski definition) is 3. The van der Waals surface area contributed by atoms with Crippen LogP contribution in [0, 0.1) is 6.92 Å². The maximum Gasteiger partial charge on any atom is 0.161 e. The Hall–Kier alpha value is -1.22. The van der Waals surface area contributed by atoms with Gasteiger partial charge in [0.15, 0.2) is 11.5 Å². The lowest BCUT2D eigenvalue weighted by molar-refractivity contribution is 0.171. The van der Waals surface area contributed by atoms with Gasteiger partial charge in [0, 0.05) is 6.04 Å². The first-order valence-corrected chi connectivity index (χ1v) is 6.45. The maximum absolute atomic E-state index is 5.64. The zero-order valence-corrected chi connectivity index (χ0v) is 10.3. The second kappa shape index (κ2) is 4.57. The summed E-state index contributed by atoms with van der Waals surface area (Å²) in [6.45, 7) is 4.64. The van der Waals surface area contributed by atoms with E-state index in [0.717, 1.165) is 24.5 Å². The van der Waals surface area contributed by atoms with Gasteiger partial charge in [-0.05, 0) is 56.0 Å². The van der Waals surface area contributed by atoms with E-state index in [1.54, 1.807) is 0 Å². The monoisotopic (exact) mass is 233 g/mol. The van der Waals surface area contributed by atoms with Crippen LogP contribution in [0.15, 0.2) is 12.1 Å². The molecule has 0 saturated carbocycles. The lowest BCUT2D eigenvalue weighted by atomic mass is 9.99. The van der Waals surface area contributed by atoms with E-state index in [9.17, 15) is 0 Å². The van der Waals surface area contributed by atoms with Crippen LogP contribution in [-0.4, -0.2) is 25.8 Å². The van der Waals surface area contributed by atoms with Gasteiger partial charge in [-0.15, -0.1) is 0 Å². The fourth-order valence-corrected chi connectivity index (χ4v) is 2.65. The van der Waals surface area contributed by atoms with E-state index >= 15 is 0 Å². The van der Waals surface area contributed by atoms with E-state index < -0.39 is 0 Å².